The lowest BCUT2D eigenvalue weighted by atomic mass is 10.1. The van der Waals surface area contributed by atoms with E-state index in [1.54, 1.807) is 37.9 Å². The maximum Gasteiger partial charge on any atom is 0.311 e. The monoisotopic (exact) mass is 385 g/mol. The smallest absolute Gasteiger partial charge is 0.311 e. The number of aryl methyl sites for hydroxylation is 2. The van der Waals surface area contributed by atoms with Crippen LogP contribution in [0.5, 0.6) is 5.75 Å². The molecule has 1 atom stereocenters. The van der Waals surface area contributed by atoms with Gasteiger partial charge in [0.15, 0.2) is 6.10 Å². The minimum Gasteiger partial charge on any atom is -0.497 e. The van der Waals surface area contributed by atoms with Crippen molar-refractivity contribution in [3.05, 3.63) is 41.4 Å². The molecule has 0 aliphatic heterocycles. The molecule has 1 N–H and O–H groups in total. The van der Waals surface area contributed by atoms with Gasteiger partial charge in [0.2, 0.25) is 0 Å². The van der Waals surface area contributed by atoms with E-state index in [4.69, 9.17) is 13.9 Å². The largest absolute Gasteiger partial charge is 0.497 e. The number of hydrogen-bond acceptors (Lipinski definition) is 6. The Morgan fingerprint density at radius 1 is 1.32 bits per heavy atom. The molecule has 1 aromatic carbocycles. The molecule has 1 unspecified atom stereocenters. The lowest BCUT2D eigenvalue weighted by molar-refractivity contribution is -0.152. The van der Waals surface area contributed by atoms with Crippen LogP contribution in [0.3, 0.4) is 0 Å². The van der Waals surface area contributed by atoms with Crippen LogP contribution in [0.1, 0.15) is 23.9 Å². The molecule has 8 nitrogen and oxygen atoms in total. The maximum absolute atomic E-state index is 12.4. The van der Waals surface area contributed by atoms with Crippen molar-refractivity contribution in [1.82, 2.24) is 9.78 Å². The van der Waals surface area contributed by atoms with Crippen molar-refractivity contribution in [2.24, 2.45) is 7.05 Å². The molecule has 2 aromatic heterocycles. The molecule has 1 amide bonds. The van der Waals surface area contributed by atoms with Crippen molar-refractivity contribution in [3.63, 3.8) is 0 Å². The standard InChI is InChI=1S/C20H23N3O5/c1-11-19(12(2)23(4)22-11)21-20(25)13(3)28-18(24)8-14-10-27-17-9-15(26-5)6-7-16(14)17/h6-7,9-10,13H,8H2,1-5H3,(H,21,25). The third-order valence-electron chi connectivity index (χ3n) is 4.63. The zero-order valence-corrected chi connectivity index (χ0v) is 16.5. The minimum absolute atomic E-state index is 0.00188. The molecule has 0 aliphatic carbocycles. The highest BCUT2D eigenvalue weighted by molar-refractivity contribution is 5.96. The van der Waals surface area contributed by atoms with Crippen molar-refractivity contribution in [2.45, 2.75) is 33.3 Å². The van der Waals surface area contributed by atoms with Gasteiger partial charge in [-0.25, -0.2) is 0 Å². The van der Waals surface area contributed by atoms with Gasteiger partial charge in [0.1, 0.15) is 11.3 Å². The molecule has 0 saturated carbocycles. The number of hydrogen-bond donors (Lipinski definition) is 1. The van der Waals surface area contributed by atoms with Crippen LogP contribution in [-0.4, -0.2) is 34.9 Å². The molecule has 0 fully saturated rings. The molecule has 0 spiro atoms. The highest BCUT2D eigenvalue weighted by atomic mass is 16.5. The first-order valence-electron chi connectivity index (χ1n) is 8.84. The van der Waals surface area contributed by atoms with E-state index in [9.17, 15) is 9.59 Å². The molecule has 3 aromatic rings. The number of furan rings is 1. The Morgan fingerprint density at radius 3 is 2.71 bits per heavy atom. The Hall–Kier alpha value is -3.29. The van der Waals surface area contributed by atoms with E-state index in [2.05, 4.69) is 10.4 Å². The highest BCUT2D eigenvalue weighted by Crippen LogP contribution is 2.26. The van der Waals surface area contributed by atoms with Crippen molar-refractivity contribution in [1.29, 1.82) is 0 Å². The summed E-state index contributed by atoms with van der Waals surface area (Å²) < 4.78 is 17.6. The van der Waals surface area contributed by atoms with Gasteiger partial charge in [0.25, 0.3) is 5.91 Å². The molecule has 148 valence electrons. The lowest BCUT2D eigenvalue weighted by Gasteiger charge is -2.13. The van der Waals surface area contributed by atoms with Crippen LogP contribution in [-0.2, 0) is 27.8 Å². The first-order chi connectivity index (χ1) is 13.3. The third-order valence-corrected chi connectivity index (χ3v) is 4.63. The predicted octanol–water partition coefficient (Wildman–Crippen LogP) is 2.90. The summed E-state index contributed by atoms with van der Waals surface area (Å²) in [5.41, 5.74) is 3.46. The van der Waals surface area contributed by atoms with Gasteiger partial charge >= 0.3 is 5.97 Å². The number of nitrogens with one attached hydrogen (secondary N) is 1. The number of carbonyl (C=O) groups is 2. The summed E-state index contributed by atoms with van der Waals surface area (Å²) in [6, 6.07) is 5.37. The molecule has 3 rings (SSSR count). The SMILES string of the molecule is COc1ccc2c(CC(=O)OC(C)C(=O)Nc3c(C)nn(C)c3C)coc2c1. The number of benzene rings is 1. The van der Waals surface area contributed by atoms with Gasteiger partial charge in [-0.2, -0.15) is 5.10 Å². The summed E-state index contributed by atoms with van der Waals surface area (Å²) in [4.78, 5) is 24.7. The minimum atomic E-state index is -0.940. The summed E-state index contributed by atoms with van der Waals surface area (Å²) in [6.45, 7) is 5.19. The van der Waals surface area contributed by atoms with Crippen LogP contribution >= 0.6 is 0 Å². The van der Waals surface area contributed by atoms with Gasteiger partial charge in [0, 0.05) is 24.1 Å². The molecular weight excluding hydrogens is 362 g/mol. The summed E-state index contributed by atoms with van der Waals surface area (Å²) in [6.07, 6.45) is 0.574. The van der Waals surface area contributed by atoms with Crippen LogP contribution in [0.15, 0.2) is 28.9 Å². The molecule has 0 bridgehead atoms. The average molecular weight is 385 g/mol. The quantitative estimate of drug-likeness (QED) is 0.656. The molecule has 28 heavy (non-hydrogen) atoms. The van der Waals surface area contributed by atoms with Crippen LogP contribution in [0.25, 0.3) is 11.0 Å². The fraction of sp³-hybridized carbons (Fsp3) is 0.350. The number of amides is 1. The Morgan fingerprint density at radius 2 is 2.07 bits per heavy atom. The van der Waals surface area contributed by atoms with Crippen LogP contribution < -0.4 is 10.1 Å². The van der Waals surface area contributed by atoms with Crippen molar-refractivity contribution >= 4 is 28.5 Å². The fourth-order valence-corrected chi connectivity index (χ4v) is 2.95. The first-order valence-corrected chi connectivity index (χ1v) is 8.84. The topological polar surface area (TPSA) is 95.6 Å². The van der Waals surface area contributed by atoms with E-state index in [1.807, 2.05) is 13.0 Å². The second-order valence-electron chi connectivity index (χ2n) is 6.59. The molecule has 0 radical (unpaired) electrons. The van der Waals surface area contributed by atoms with Crippen LogP contribution in [0, 0.1) is 13.8 Å². The Labute approximate surface area is 162 Å². The van der Waals surface area contributed by atoms with Gasteiger partial charge in [-0.3, -0.25) is 14.3 Å². The van der Waals surface area contributed by atoms with Gasteiger partial charge in [-0.1, -0.05) is 0 Å². The Balaban J connectivity index is 1.63. The number of anilines is 1. The van der Waals surface area contributed by atoms with Crippen LogP contribution in [0.2, 0.25) is 0 Å². The van der Waals surface area contributed by atoms with Gasteiger partial charge in [-0.05, 0) is 32.9 Å². The first kappa shape index (κ1) is 19.5. The van der Waals surface area contributed by atoms with E-state index in [0.29, 0.717) is 28.3 Å². The summed E-state index contributed by atoms with van der Waals surface area (Å²) in [5.74, 6) is -0.252. The maximum atomic E-state index is 12.4. The van der Waals surface area contributed by atoms with E-state index < -0.39 is 18.0 Å². The van der Waals surface area contributed by atoms with Crippen molar-refractivity contribution in [2.75, 3.05) is 12.4 Å². The zero-order valence-electron chi connectivity index (χ0n) is 16.5. The van der Waals surface area contributed by atoms with Crippen LogP contribution in [0.4, 0.5) is 5.69 Å². The summed E-state index contributed by atoms with van der Waals surface area (Å²) >= 11 is 0. The number of carbonyl (C=O) groups excluding carboxylic acids is 2. The molecule has 0 aliphatic rings. The second-order valence-corrected chi connectivity index (χ2v) is 6.59. The Kier molecular flexibility index (Phi) is 5.39. The van der Waals surface area contributed by atoms with E-state index >= 15 is 0 Å². The highest BCUT2D eigenvalue weighted by Gasteiger charge is 2.22. The Bertz CT molecular complexity index is 1030. The van der Waals surface area contributed by atoms with Crippen molar-refractivity contribution in [3.8, 4) is 5.75 Å². The number of nitrogens with zero attached hydrogens (tertiary/aromatic N) is 2. The third kappa shape index (κ3) is 3.85. The second kappa shape index (κ2) is 7.75. The van der Waals surface area contributed by atoms with E-state index in [-0.39, 0.29) is 6.42 Å². The zero-order chi connectivity index (χ0) is 20.4. The molecule has 8 heteroatoms. The summed E-state index contributed by atoms with van der Waals surface area (Å²) in [7, 11) is 3.37. The number of rotatable bonds is 6. The average Bonchev–Trinajstić information content (AvgIpc) is 3.16. The predicted molar refractivity (Wildman–Crippen MR) is 103 cm³/mol. The fourth-order valence-electron chi connectivity index (χ4n) is 2.95. The van der Waals surface area contributed by atoms with Crippen molar-refractivity contribution < 1.29 is 23.5 Å². The number of fused-ring (bicyclic) bond motifs is 1. The number of methoxy groups -OCH3 is 1. The number of aromatic nitrogens is 2. The summed E-state index contributed by atoms with van der Waals surface area (Å²) in [5, 5.41) is 7.83. The molecule has 2 heterocycles. The lowest BCUT2D eigenvalue weighted by Crippen LogP contribution is -2.30. The van der Waals surface area contributed by atoms with Gasteiger partial charge < -0.3 is 19.2 Å². The number of esters is 1. The van der Waals surface area contributed by atoms with Gasteiger partial charge in [-0.15, -0.1) is 0 Å². The number of ether oxygens (including phenoxy) is 2. The van der Waals surface area contributed by atoms with E-state index in [0.717, 1.165) is 11.1 Å². The molecular formula is C20H23N3O5. The molecule has 0 saturated heterocycles. The van der Waals surface area contributed by atoms with Gasteiger partial charge in [0.05, 0.1) is 36.9 Å². The normalized spacial score (nSPS) is 12.0. The van der Waals surface area contributed by atoms with E-state index in [1.165, 1.54) is 13.2 Å².